The van der Waals surface area contributed by atoms with Crippen LogP contribution in [0.5, 0.6) is 11.5 Å². The van der Waals surface area contributed by atoms with Crippen LogP contribution in [0.25, 0.3) is 0 Å². The highest BCUT2D eigenvalue weighted by molar-refractivity contribution is 6.30. The molecule has 40 heavy (non-hydrogen) atoms. The van der Waals surface area contributed by atoms with Crippen molar-refractivity contribution in [2.24, 2.45) is 0 Å². The molecule has 1 aliphatic heterocycles. The van der Waals surface area contributed by atoms with Crippen LogP contribution in [0.15, 0.2) is 60.7 Å². The minimum absolute atomic E-state index is 0.304. The van der Waals surface area contributed by atoms with Gasteiger partial charge in [-0.1, -0.05) is 35.7 Å². The van der Waals surface area contributed by atoms with E-state index in [1.807, 2.05) is 5.92 Å². The van der Waals surface area contributed by atoms with Crippen molar-refractivity contribution in [2.45, 2.75) is 30.7 Å². The van der Waals surface area contributed by atoms with Crippen LogP contribution in [0.4, 0.5) is 24.5 Å². The maximum Gasteiger partial charge on any atom is 0.573 e. The smallest absolute Gasteiger partial charge is 0.497 e. The van der Waals surface area contributed by atoms with E-state index >= 15 is 0 Å². The lowest BCUT2D eigenvalue weighted by Gasteiger charge is -2.27. The number of ether oxygens (including phenoxy) is 2. The van der Waals surface area contributed by atoms with Gasteiger partial charge in [-0.25, -0.2) is 4.79 Å². The molecule has 7 nitrogen and oxygen atoms in total. The van der Waals surface area contributed by atoms with Crippen molar-refractivity contribution in [1.29, 1.82) is 0 Å². The van der Waals surface area contributed by atoms with Crippen molar-refractivity contribution in [3.63, 3.8) is 0 Å². The predicted molar refractivity (Wildman–Crippen MR) is 142 cm³/mol. The zero-order valence-electron chi connectivity index (χ0n) is 21.0. The first-order valence-electron chi connectivity index (χ1n) is 12.1. The van der Waals surface area contributed by atoms with E-state index in [1.54, 1.807) is 48.5 Å². The fraction of sp³-hybridized carbons (Fsp3) is 0.241. The average Bonchev–Trinajstić information content (AvgIpc) is 3.61. The number of fused-ring (bicyclic) bond motifs is 2. The normalized spacial score (nSPS) is 15.5. The number of hydrogen-bond acceptors (Lipinski definition) is 5. The number of nitrogens with one attached hydrogen (secondary N) is 1. The zero-order chi connectivity index (χ0) is 28.7. The van der Waals surface area contributed by atoms with E-state index in [4.69, 9.17) is 21.4 Å². The van der Waals surface area contributed by atoms with Crippen LogP contribution in [0.1, 0.15) is 35.6 Å². The number of carbonyl (C=O) groups excluding carboxylic acids is 1. The molecule has 2 N–H and O–H groups in total. The number of aliphatic carboxylic acids is 1. The molecular formula is C29H22ClF3N2O5. The Balaban J connectivity index is 1.54. The van der Waals surface area contributed by atoms with Gasteiger partial charge in [0, 0.05) is 46.3 Å². The fourth-order valence-electron chi connectivity index (χ4n) is 4.89. The Hall–Kier alpha value is -4.36. The zero-order valence-corrected chi connectivity index (χ0v) is 21.8. The summed E-state index contributed by atoms with van der Waals surface area (Å²) < 4.78 is 48.3. The Morgan fingerprint density at radius 3 is 2.42 bits per heavy atom. The van der Waals surface area contributed by atoms with Crippen molar-refractivity contribution in [1.82, 2.24) is 0 Å². The second-order valence-electron chi connectivity index (χ2n) is 9.57. The molecule has 0 saturated heterocycles. The SMILES string of the molecule is COc1cc(C#CC(=O)O)cc(NC(C(=O)N2CC3(CC3)c3ccc(OC(F)(F)F)cc32)c2ccc(Cl)cc2)c1. The third kappa shape index (κ3) is 5.80. The molecule has 3 aromatic carbocycles. The standard InChI is InChI=1S/C29H22ClF3N2O5/c1-39-22-13-17(2-9-25(36)37)12-20(14-22)34-26(18-3-5-19(30)6-4-18)27(38)35-16-28(10-11-28)23-8-7-21(15-24(23)35)40-29(31,32)33/h3-8,12-15,26,34H,10-11,16H2,1H3,(H,36,37). The molecule has 1 heterocycles. The number of methoxy groups -OCH3 is 1. The number of halogens is 4. The van der Waals surface area contributed by atoms with Crippen LogP contribution < -0.4 is 19.7 Å². The summed E-state index contributed by atoms with van der Waals surface area (Å²) in [4.78, 5) is 26.6. The Kier molecular flexibility index (Phi) is 7.02. The van der Waals surface area contributed by atoms with E-state index in [2.05, 4.69) is 16.0 Å². The minimum Gasteiger partial charge on any atom is -0.497 e. The lowest BCUT2D eigenvalue weighted by atomic mass is 9.99. The van der Waals surface area contributed by atoms with Crippen LogP contribution in [0.2, 0.25) is 5.02 Å². The molecule has 3 aromatic rings. The minimum atomic E-state index is -4.88. The van der Waals surface area contributed by atoms with Gasteiger partial charge in [0.2, 0.25) is 0 Å². The summed E-state index contributed by atoms with van der Waals surface area (Å²) in [6, 6.07) is 14.5. The average molecular weight is 571 g/mol. The van der Waals surface area contributed by atoms with Gasteiger partial charge < -0.3 is 24.8 Å². The number of amides is 1. The lowest BCUT2D eigenvalue weighted by molar-refractivity contribution is -0.274. The Labute approximate surface area is 232 Å². The van der Waals surface area contributed by atoms with E-state index in [1.165, 1.54) is 24.1 Å². The number of carboxylic acid groups (broad SMARTS) is 1. The van der Waals surface area contributed by atoms with Crippen molar-refractivity contribution in [2.75, 3.05) is 23.9 Å². The van der Waals surface area contributed by atoms with E-state index in [0.29, 0.717) is 39.8 Å². The fourth-order valence-corrected chi connectivity index (χ4v) is 5.02. The van der Waals surface area contributed by atoms with E-state index in [9.17, 15) is 22.8 Å². The first-order valence-corrected chi connectivity index (χ1v) is 12.5. The van der Waals surface area contributed by atoms with Crippen molar-refractivity contribution in [3.8, 4) is 23.3 Å². The molecular weight excluding hydrogens is 549 g/mol. The molecule has 1 fully saturated rings. The monoisotopic (exact) mass is 570 g/mol. The molecule has 1 amide bonds. The third-order valence-corrected chi connectivity index (χ3v) is 7.11. The predicted octanol–water partition coefficient (Wildman–Crippen LogP) is 5.91. The lowest BCUT2D eigenvalue weighted by Crippen LogP contribution is -2.38. The van der Waals surface area contributed by atoms with Gasteiger partial charge in [-0.2, -0.15) is 0 Å². The van der Waals surface area contributed by atoms with Gasteiger partial charge >= 0.3 is 12.3 Å². The highest BCUT2D eigenvalue weighted by Crippen LogP contribution is 2.57. The summed E-state index contributed by atoms with van der Waals surface area (Å²) >= 11 is 6.09. The van der Waals surface area contributed by atoms with Crippen LogP contribution in [-0.2, 0) is 15.0 Å². The summed E-state index contributed by atoms with van der Waals surface area (Å²) in [5.74, 6) is 2.84. The summed E-state index contributed by atoms with van der Waals surface area (Å²) in [6.45, 7) is 0.315. The summed E-state index contributed by atoms with van der Waals surface area (Å²) in [5.41, 5.74) is 2.17. The molecule has 2 aliphatic rings. The molecule has 0 bridgehead atoms. The molecule has 1 unspecified atom stereocenters. The molecule has 1 atom stereocenters. The number of anilines is 2. The second kappa shape index (κ2) is 10.3. The molecule has 206 valence electrons. The van der Waals surface area contributed by atoms with E-state index < -0.39 is 30.0 Å². The number of carboxylic acids is 1. The summed E-state index contributed by atoms with van der Waals surface area (Å²) in [5, 5.41) is 12.6. The third-order valence-electron chi connectivity index (χ3n) is 6.86. The van der Waals surface area contributed by atoms with Gasteiger partial charge in [0.05, 0.1) is 12.8 Å². The first-order chi connectivity index (χ1) is 19.0. The Morgan fingerprint density at radius 1 is 1.07 bits per heavy atom. The molecule has 1 spiro atoms. The number of benzene rings is 3. The maximum absolute atomic E-state index is 14.2. The number of rotatable bonds is 6. The second-order valence-corrected chi connectivity index (χ2v) is 10.0. The highest BCUT2D eigenvalue weighted by Gasteiger charge is 2.54. The van der Waals surface area contributed by atoms with E-state index in [0.717, 1.165) is 18.4 Å². The first kappa shape index (κ1) is 27.2. The molecule has 0 radical (unpaired) electrons. The van der Waals surface area contributed by atoms with Crippen LogP contribution in [0, 0.1) is 11.8 Å². The largest absolute Gasteiger partial charge is 0.573 e. The van der Waals surface area contributed by atoms with Gasteiger partial charge in [-0.05, 0) is 54.3 Å². The Bertz CT molecular complexity index is 1540. The highest BCUT2D eigenvalue weighted by atomic mass is 35.5. The van der Waals surface area contributed by atoms with Crippen LogP contribution in [0.3, 0.4) is 0 Å². The number of nitrogens with zero attached hydrogens (tertiary/aromatic N) is 1. The Morgan fingerprint density at radius 2 is 1.80 bits per heavy atom. The summed E-state index contributed by atoms with van der Waals surface area (Å²) in [7, 11) is 1.44. The quantitative estimate of drug-likeness (QED) is 0.358. The number of carbonyl (C=O) groups is 2. The number of alkyl halides is 3. The molecule has 5 rings (SSSR count). The van der Waals surface area contributed by atoms with Gasteiger partial charge in [-0.15, -0.1) is 13.2 Å². The topological polar surface area (TPSA) is 88.1 Å². The van der Waals surface area contributed by atoms with Gasteiger partial charge in [0.15, 0.2) is 0 Å². The van der Waals surface area contributed by atoms with E-state index in [-0.39, 0.29) is 5.41 Å². The summed E-state index contributed by atoms with van der Waals surface area (Å²) in [6.07, 6.45) is -3.26. The van der Waals surface area contributed by atoms with Crippen LogP contribution >= 0.6 is 11.6 Å². The molecule has 0 aromatic heterocycles. The molecule has 1 saturated carbocycles. The van der Waals surface area contributed by atoms with Crippen molar-refractivity contribution < 1.29 is 37.3 Å². The van der Waals surface area contributed by atoms with Gasteiger partial charge in [0.1, 0.15) is 17.5 Å². The van der Waals surface area contributed by atoms with Crippen molar-refractivity contribution in [3.05, 3.63) is 82.4 Å². The maximum atomic E-state index is 14.2. The van der Waals surface area contributed by atoms with Crippen molar-refractivity contribution >= 4 is 34.9 Å². The van der Waals surface area contributed by atoms with Crippen LogP contribution in [-0.4, -0.2) is 37.0 Å². The molecule has 11 heteroatoms. The van der Waals surface area contributed by atoms with Gasteiger partial charge in [-0.3, -0.25) is 4.79 Å². The number of hydrogen-bond donors (Lipinski definition) is 2. The van der Waals surface area contributed by atoms with Gasteiger partial charge in [0.25, 0.3) is 5.91 Å². The molecule has 1 aliphatic carbocycles.